The van der Waals surface area contributed by atoms with Crippen molar-refractivity contribution in [3.05, 3.63) is 0 Å². The predicted molar refractivity (Wildman–Crippen MR) is 108 cm³/mol. The highest BCUT2D eigenvalue weighted by atomic mass is 79.9. The van der Waals surface area contributed by atoms with Crippen LogP contribution in [0.1, 0.15) is 72.6 Å². The summed E-state index contributed by atoms with van der Waals surface area (Å²) in [4.78, 5) is 0.734. The highest BCUT2D eigenvalue weighted by Gasteiger charge is 2.62. The van der Waals surface area contributed by atoms with Gasteiger partial charge in [-0.15, -0.1) is 0 Å². The molecule has 0 aromatic carbocycles. The molecule has 0 amide bonds. The van der Waals surface area contributed by atoms with Gasteiger partial charge in [-0.05, 0) is 74.5 Å². The molecule has 8 atom stereocenters. The number of hydrogen-bond acceptors (Lipinski definition) is 3. The second-order valence-electron chi connectivity index (χ2n) is 10.4. The van der Waals surface area contributed by atoms with E-state index >= 15 is 0 Å². The van der Waals surface area contributed by atoms with Gasteiger partial charge in [-0.1, -0.05) is 52.6 Å². The number of rotatable bonds is 2. The fraction of sp³-hybridized carbons (Fsp3) is 1.00. The van der Waals surface area contributed by atoms with Crippen molar-refractivity contribution in [1.82, 2.24) is 0 Å². The summed E-state index contributed by atoms with van der Waals surface area (Å²) < 4.78 is 0. The van der Waals surface area contributed by atoms with Crippen molar-refractivity contribution >= 4 is 31.9 Å². The minimum Gasteiger partial charge on any atom is -0.393 e. The number of halogens is 2. The molecule has 8 unspecified atom stereocenters. The van der Waals surface area contributed by atoms with Gasteiger partial charge in [-0.25, -0.2) is 0 Å². The van der Waals surface area contributed by atoms with Crippen molar-refractivity contribution < 1.29 is 15.3 Å². The summed E-state index contributed by atoms with van der Waals surface area (Å²) in [6, 6.07) is 0. The molecule has 146 valence electrons. The lowest BCUT2D eigenvalue weighted by molar-refractivity contribution is -0.120. The molecule has 3 aliphatic rings. The Morgan fingerprint density at radius 3 is 2.16 bits per heavy atom. The van der Waals surface area contributed by atoms with Crippen molar-refractivity contribution in [2.24, 2.45) is 22.7 Å². The van der Waals surface area contributed by atoms with E-state index in [0.717, 1.165) is 32.1 Å². The average molecular weight is 482 g/mol. The van der Waals surface area contributed by atoms with Gasteiger partial charge in [-0.3, -0.25) is 0 Å². The number of aliphatic hydroxyl groups excluding tert-OH is 1. The van der Waals surface area contributed by atoms with Crippen LogP contribution in [0.15, 0.2) is 0 Å². The molecule has 0 radical (unpaired) electrons. The van der Waals surface area contributed by atoms with Gasteiger partial charge >= 0.3 is 0 Å². The summed E-state index contributed by atoms with van der Waals surface area (Å²) in [5.41, 5.74) is -1.61. The Hall–Kier alpha value is 0.840. The maximum atomic E-state index is 11.4. The van der Waals surface area contributed by atoms with Gasteiger partial charge in [0, 0.05) is 9.65 Å². The largest absolute Gasteiger partial charge is 0.393 e. The zero-order valence-corrected chi connectivity index (χ0v) is 19.1. The van der Waals surface area contributed by atoms with Crippen LogP contribution >= 0.6 is 31.9 Å². The van der Waals surface area contributed by atoms with Crippen LogP contribution in [0.5, 0.6) is 0 Å². The number of aliphatic hydroxyl groups is 3. The molecular formula is C20H34Br2O3. The smallest absolute Gasteiger partial charge is 0.0657 e. The van der Waals surface area contributed by atoms with Crippen LogP contribution < -0.4 is 0 Å². The van der Waals surface area contributed by atoms with E-state index in [4.69, 9.17) is 0 Å². The van der Waals surface area contributed by atoms with Crippen LogP contribution in [0.4, 0.5) is 0 Å². The molecule has 3 aliphatic carbocycles. The average Bonchev–Trinajstić information content (AvgIpc) is 2.72. The van der Waals surface area contributed by atoms with E-state index in [-0.39, 0.29) is 22.7 Å². The monoisotopic (exact) mass is 480 g/mol. The lowest BCUT2D eigenvalue weighted by Gasteiger charge is -2.52. The van der Waals surface area contributed by atoms with E-state index in [2.05, 4.69) is 52.6 Å². The molecule has 3 rings (SSSR count). The van der Waals surface area contributed by atoms with Gasteiger partial charge < -0.3 is 15.3 Å². The minimum absolute atomic E-state index is 0.0157. The second kappa shape index (κ2) is 6.43. The topological polar surface area (TPSA) is 60.7 Å². The van der Waals surface area contributed by atoms with Gasteiger partial charge in [0.25, 0.3) is 0 Å². The normalized spacial score (nSPS) is 55.8. The van der Waals surface area contributed by atoms with Gasteiger partial charge in [0.1, 0.15) is 0 Å². The molecule has 3 fully saturated rings. The molecule has 0 spiro atoms. The standard InChI is InChI=1S/C20H34Br2O3/c1-17(2)11-20(25,8-6-14(17)21)9-12-13(23)10-18(3)15(22)5-7-19(4,24)16(12)18/h12-16,23-25H,5-11H2,1-4H3. The van der Waals surface area contributed by atoms with E-state index in [9.17, 15) is 15.3 Å². The van der Waals surface area contributed by atoms with Crippen LogP contribution in [-0.2, 0) is 0 Å². The van der Waals surface area contributed by atoms with Crippen molar-refractivity contribution in [2.75, 3.05) is 0 Å². The van der Waals surface area contributed by atoms with Crippen LogP contribution in [0.25, 0.3) is 0 Å². The lowest BCUT2D eigenvalue weighted by Crippen LogP contribution is -2.54. The highest BCUT2D eigenvalue weighted by Crippen LogP contribution is 2.62. The van der Waals surface area contributed by atoms with Crippen molar-refractivity contribution in [1.29, 1.82) is 0 Å². The molecule has 25 heavy (non-hydrogen) atoms. The summed E-state index contributed by atoms with van der Waals surface area (Å²) in [5.74, 6) is -0.0324. The third-order valence-corrected chi connectivity index (χ3v) is 10.9. The highest BCUT2D eigenvalue weighted by molar-refractivity contribution is 9.09. The molecule has 0 aromatic rings. The molecule has 0 aromatic heterocycles. The molecule has 5 heteroatoms. The van der Waals surface area contributed by atoms with Crippen LogP contribution in [0, 0.1) is 22.7 Å². The minimum atomic E-state index is -0.778. The SMILES string of the molecule is CC1(C)CC(O)(CC2C(O)CC3(C)C(Br)CCC(C)(O)C23)CCC1Br. The van der Waals surface area contributed by atoms with Gasteiger partial charge in [0.05, 0.1) is 17.3 Å². The molecule has 3 saturated carbocycles. The first-order valence-electron chi connectivity index (χ1n) is 9.72. The third kappa shape index (κ3) is 3.50. The maximum Gasteiger partial charge on any atom is 0.0657 e. The Balaban J connectivity index is 1.86. The first kappa shape index (κ1) is 20.6. The summed E-state index contributed by atoms with van der Waals surface area (Å²) in [5, 5.41) is 33.5. The Bertz CT molecular complexity index is 523. The van der Waals surface area contributed by atoms with E-state index in [0.29, 0.717) is 22.5 Å². The first-order chi connectivity index (χ1) is 11.3. The third-order valence-electron chi connectivity index (χ3n) is 7.68. The summed E-state index contributed by atoms with van der Waals surface area (Å²) >= 11 is 7.60. The van der Waals surface area contributed by atoms with Crippen molar-refractivity contribution in [3.63, 3.8) is 0 Å². The summed E-state index contributed by atoms with van der Waals surface area (Å²) in [6.07, 6.45) is 4.98. The van der Waals surface area contributed by atoms with Crippen LogP contribution in [0.2, 0.25) is 0 Å². The van der Waals surface area contributed by atoms with Gasteiger partial charge in [0.2, 0.25) is 0 Å². The van der Waals surface area contributed by atoms with E-state index in [1.165, 1.54) is 0 Å². The van der Waals surface area contributed by atoms with Crippen LogP contribution in [0.3, 0.4) is 0 Å². The van der Waals surface area contributed by atoms with E-state index in [1.54, 1.807) is 0 Å². The van der Waals surface area contributed by atoms with E-state index < -0.39 is 17.3 Å². The van der Waals surface area contributed by atoms with Crippen molar-refractivity contribution in [2.45, 2.75) is 99.6 Å². The lowest BCUT2D eigenvalue weighted by atomic mass is 9.58. The second-order valence-corrected chi connectivity index (χ2v) is 12.6. The Kier molecular flexibility index (Phi) is 5.29. The maximum absolute atomic E-state index is 11.4. The number of hydrogen-bond donors (Lipinski definition) is 3. The molecule has 3 nitrogen and oxygen atoms in total. The van der Waals surface area contributed by atoms with Crippen LogP contribution in [-0.4, -0.2) is 42.3 Å². The quantitative estimate of drug-likeness (QED) is 0.512. The predicted octanol–water partition coefficient (Wildman–Crippen LogP) is 4.39. The zero-order chi connectivity index (χ0) is 18.8. The summed E-state index contributed by atoms with van der Waals surface area (Å²) in [7, 11) is 0. The van der Waals surface area contributed by atoms with Crippen molar-refractivity contribution in [3.8, 4) is 0 Å². The summed E-state index contributed by atoms with van der Waals surface area (Å²) in [6.45, 7) is 8.55. The molecule has 0 saturated heterocycles. The fourth-order valence-electron chi connectivity index (χ4n) is 6.54. The van der Waals surface area contributed by atoms with Gasteiger partial charge in [0.15, 0.2) is 0 Å². The number of alkyl halides is 2. The fourth-order valence-corrected chi connectivity index (χ4v) is 7.63. The van der Waals surface area contributed by atoms with E-state index in [1.807, 2.05) is 6.92 Å². The Morgan fingerprint density at radius 1 is 0.960 bits per heavy atom. The molecular weight excluding hydrogens is 448 g/mol. The molecule has 0 aliphatic heterocycles. The van der Waals surface area contributed by atoms with Gasteiger partial charge in [-0.2, -0.15) is 0 Å². The first-order valence-corrected chi connectivity index (χ1v) is 11.5. The zero-order valence-electron chi connectivity index (χ0n) is 15.9. The Labute approximate surface area is 169 Å². The molecule has 0 bridgehead atoms. The Morgan fingerprint density at radius 2 is 1.56 bits per heavy atom. The molecule has 3 N–H and O–H groups in total. The number of fused-ring (bicyclic) bond motifs is 1. The molecule has 0 heterocycles.